The van der Waals surface area contributed by atoms with Crippen LogP contribution in [0.5, 0.6) is 0 Å². The van der Waals surface area contributed by atoms with E-state index in [1.54, 1.807) is 13.8 Å². The Bertz CT molecular complexity index is 798. The number of thioether (sulfide) groups is 1. The van der Waals surface area contributed by atoms with E-state index >= 15 is 0 Å². The summed E-state index contributed by atoms with van der Waals surface area (Å²) in [7, 11) is 0. The van der Waals surface area contributed by atoms with E-state index in [-0.39, 0.29) is 12.6 Å². The van der Waals surface area contributed by atoms with Gasteiger partial charge in [-0.05, 0) is 26.7 Å². The topological polar surface area (TPSA) is 98.1 Å². The first kappa shape index (κ1) is 21.4. The van der Waals surface area contributed by atoms with Crippen LogP contribution in [0, 0.1) is 0 Å². The molecule has 1 saturated carbocycles. The highest BCUT2D eigenvalue weighted by atomic mass is 32.2. The van der Waals surface area contributed by atoms with E-state index in [0.717, 1.165) is 23.8 Å². The number of hydrogen-bond donors (Lipinski definition) is 2. The molecule has 3 rings (SSSR count). The van der Waals surface area contributed by atoms with Crippen LogP contribution < -0.4 is 10.6 Å². The fraction of sp³-hybridized carbons (Fsp3) is 0.600. The van der Waals surface area contributed by atoms with Crippen LogP contribution in [0.3, 0.4) is 0 Å². The summed E-state index contributed by atoms with van der Waals surface area (Å²) in [5.41, 5.74) is 0.998. The molecule has 158 valence electrons. The smallest absolute Gasteiger partial charge is 0.337 e. The van der Waals surface area contributed by atoms with Crippen molar-refractivity contribution in [3.05, 3.63) is 29.7 Å². The molecule has 9 heteroatoms. The van der Waals surface area contributed by atoms with Gasteiger partial charge in [0.1, 0.15) is 5.82 Å². The summed E-state index contributed by atoms with van der Waals surface area (Å²) in [4.78, 5) is 24.3. The Kier molecular flexibility index (Phi) is 7.35. The Morgan fingerprint density at radius 1 is 1.34 bits per heavy atom. The lowest BCUT2D eigenvalue weighted by atomic mass is 9.89. The molecule has 1 atom stereocenters. The van der Waals surface area contributed by atoms with Gasteiger partial charge in [0.25, 0.3) is 0 Å². The number of carbonyl (C=O) groups is 2. The third-order valence-electron chi connectivity index (χ3n) is 5.24. The third-order valence-corrected chi connectivity index (χ3v) is 6.23. The molecular formula is C20H29N5O3S. The van der Waals surface area contributed by atoms with Crippen molar-refractivity contribution in [1.29, 1.82) is 0 Å². The number of urea groups is 1. The van der Waals surface area contributed by atoms with Crippen LogP contribution in [0.1, 0.15) is 57.7 Å². The quantitative estimate of drug-likeness (QED) is 0.382. The van der Waals surface area contributed by atoms with Crippen molar-refractivity contribution >= 4 is 23.8 Å². The molecule has 1 aromatic heterocycles. The summed E-state index contributed by atoms with van der Waals surface area (Å²) in [5, 5.41) is 15.1. The van der Waals surface area contributed by atoms with E-state index < -0.39 is 12.0 Å². The Hall–Kier alpha value is -2.29. The first-order valence-corrected chi connectivity index (χ1v) is 11.2. The third kappa shape index (κ3) is 5.01. The van der Waals surface area contributed by atoms with Gasteiger partial charge in [-0.2, -0.15) is 0 Å². The number of carbonyl (C=O) groups excluding carboxylic acids is 2. The van der Waals surface area contributed by atoms with Crippen molar-refractivity contribution in [1.82, 2.24) is 25.4 Å². The van der Waals surface area contributed by atoms with E-state index in [0.29, 0.717) is 29.5 Å². The molecule has 8 nitrogen and oxygen atoms in total. The number of aromatic nitrogens is 3. The highest BCUT2D eigenvalue weighted by Gasteiger charge is 2.30. The number of nitrogens with one attached hydrogen (secondary N) is 2. The summed E-state index contributed by atoms with van der Waals surface area (Å²) >= 11 is 1.46. The second-order valence-corrected chi connectivity index (χ2v) is 8.24. The summed E-state index contributed by atoms with van der Waals surface area (Å²) in [6.07, 6.45) is 7.85. The van der Waals surface area contributed by atoms with Crippen LogP contribution in [0.15, 0.2) is 29.1 Å². The SMILES string of the molecule is C=CCn1c(SCC2=C(C(=O)OCC)[C@H](C)NC(=O)N2)nnc1C1CCCCC1. The maximum absolute atomic E-state index is 12.4. The zero-order chi connectivity index (χ0) is 20.8. The van der Waals surface area contributed by atoms with Crippen molar-refractivity contribution in [2.45, 2.75) is 69.6 Å². The van der Waals surface area contributed by atoms with Crippen molar-refractivity contribution in [2.24, 2.45) is 0 Å². The van der Waals surface area contributed by atoms with Gasteiger partial charge >= 0.3 is 12.0 Å². The fourth-order valence-corrected chi connectivity index (χ4v) is 4.82. The molecule has 2 amide bonds. The van der Waals surface area contributed by atoms with Crippen LogP contribution in [-0.4, -0.2) is 45.2 Å². The zero-order valence-corrected chi connectivity index (χ0v) is 17.9. The van der Waals surface area contributed by atoms with Crippen LogP contribution in [0.4, 0.5) is 4.79 Å². The second kappa shape index (κ2) is 9.96. The summed E-state index contributed by atoms with van der Waals surface area (Å²) in [5.74, 6) is 1.41. The average molecular weight is 420 g/mol. The minimum atomic E-state index is -0.418. The molecule has 0 aromatic carbocycles. The van der Waals surface area contributed by atoms with Gasteiger partial charge in [-0.15, -0.1) is 16.8 Å². The maximum atomic E-state index is 12.4. The van der Waals surface area contributed by atoms with Crippen molar-refractivity contribution in [3.63, 3.8) is 0 Å². The van der Waals surface area contributed by atoms with E-state index in [2.05, 4.69) is 32.0 Å². The molecule has 1 fully saturated rings. The molecule has 1 aliphatic carbocycles. The Morgan fingerprint density at radius 3 is 2.79 bits per heavy atom. The molecule has 2 aliphatic rings. The summed E-state index contributed by atoms with van der Waals surface area (Å²) in [6.45, 7) is 8.32. The van der Waals surface area contributed by atoms with E-state index in [1.165, 1.54) is 31.0 Å². The fourth-order valence-electron chi connectivity index (χ4n) is 3.90. The minimum absolute atomic E-state index is 0.280. The van der Waals surface area contributed by atoms with Gasteiger partial charge in [-0.25, -0.2) is 9.59 Å². The average Bonchev–Trinajstić information content (AvgIpc) is 3.09. The number of ether oxygens (including phenoxy) is 1. The van der Waals surface area contributed by atoms with Gasteiger partial charge in [-0.3, -0.25) is 0 Å². The molecular weight excluding hydrogens is 390 g/mol. The van der Waals surface area contributed by atoms with Gasteiger partial charge < -0.3 is 19.9 Å². The van der Waals surface area contributed by atoms with Crippen LogP contribution >= 0.6 is 11.8 Å². The molecule has 0 radical (unpaired) electrons. The summed E-state index contributed by atoms with van der Waals surface area (Å²) < 4.78 is 7.27. The van der Waals surface area contributed by atoms with Gasteiger partial charge in [-0.1, -0.05) is 37.1 Å². The monoisotopic (exact) mass is 419 g/mol. The number of allylic oxidation sites excluding steroid dienone is 1. The van der Waals surface area contributed by atoms with E-state index in [1.807, 2.05) is 6.08 Å². The first-order chi connectivity index (χ1) is 14.0. The minimum Gasteiger partial charge on any atom is -0.463 e. The van der Waals surface area contributed by atoms with Crippen LogP contribution in [-0.2, 0) is 16.1 Å². The van der Waals surface area contributed by atoms with Crippen molar-refractivity contribution in [3.8, 4) is 0 Å². The van der Waals surface area contributed by atoms with E-state index in [4.69, 9.17) is 4.74 Å². The molecule has 0 spiro atoms. The lowest BCUT2D eigenvalue weighted by molar-refractivity contribution is -0.138. The lowest BCUT2D eigenvalue weighted by Crippen LogP contribution is -2.49. The van der Waals surface area contributed by atoms with Gasteiger partial charge in [0.05, 0.1) is 18.2 Å². The Labute approximate surface area is 175 Å². The molecule has 1 aliphatic heterocycles. The van der Waals surface area contributed by atoms with Gasteiger partial charge in [0.2, 0.25) is 0 Å². The Morgan fingerprint density at radius 2 is 2.10 bits per heavy atom. The highest BCUT2D eigenvalue weighted by Crippen LogP contribution is 2.33. The summed E-state index contributed by atoms with van der Waals surface area (Å²) in [6, 6.07) is -0.737. The zero-order valence-electron chi connectivity index (χ0n) is 17.1. The number of esters is 1. The lowest BCUT2D eigenvalue weighted by Gasteiger charge is -2.26. The molecule has 29 heavy (non-hydrogen) atoms. The first-order valence-electron chi connectivity index (χ1n) is 10.2. The highest BCUT2D eigenvalue weighted by molar-refractivity contribution is 7.99. The largest absolute Gasteiger partial charge is 0.463 e. The number of hydrogen-bond acceptors (Lipinski definition) is 6. The van der Waals surface area contributed by atoms with Crippen LogP contribution in [0.2, 0.25) is 0 Å². The number of nitrogens with zero attached hydrogens (tertiary/aromatic N) is 3. The second-order valence-electron chi connectivity index (χ2n) is 7.30. The molecule has 0 unspecified atom stereocenters. The molecule has 1 aromatic rings. The predicted molar refractivity (Wildman–Crippen MR) is 112 cm³/mol. The van der Waals surface area contributed by atoms with E-state index in [9.17, 15) is 9.59 Å². The maximum Gasteiger partial charge on any atom is 0.337 e. The molecule has 0 bridgehead atoms. The molecule has 0 saturated heterocycles. The predicted octanol–water partition coefficient (Wildman–Crippen LogP) is 3.12. The normalized spacial score (nSPS) is 20.2. The van der Waals surface area contributed by atoms with Gasteiger partial charge in [0, 0.05) is 23.9 Å². The number of rotatable bonds is 8. The van der Waals surface area contributed by atoms with Crippen molar-refractivity contribution in [2.75, 3.05) is 12.4 Å². The number of amides is 2. The van der Waals surface area contributed by atoms with Crippen LogP contribution in [0.25, 0.3) is 0 Å². The van der Waals surface area contributed by atoms with Gasteiger partial charge in [0.15, 0.2) is 5.16 Å². The Balaban J connectivity index is 1.82. The molecule has 2 N–H and O–H groups in total. The van der Waals surface area contributed by atoms with Crippen molar-refractivity contribution < 1.29 is 14.3 Å². The molecule has 2 heterocycles. The standard InChI is InChI=1S/C20H29N5O3S/c1-4-11-25-17(14-9-7-6-8-10-14)23-24-20(25)29-12-15-16(18(26)28-5-2)13(3)21-19(27)22-15/h4,13-14H,1,5-12H2,2-3H3,(H2,21,22,27)/t13-/m0/s1.